The molecule has 1 aromatic carbocycles. The van der Waals surface area contributed by atoms with E-state index in [4.69, 9.17) is 4.74 Å². The summed E-state index contributed by atoms with van der Waals surface area (Å²) in [5, 5.41) is 0. The first kappa shape index (κ1) is 10.6. The van der Waals surface area contributed by atoms with E-state index in [2.05, 4.69) is 0 Å². The summed E-state index contributed by atoms with van der Waals surface area (Å²) in [5.41, 5.74) is 0.887. The number of allylic oxidation sites excluding steroid dienone is 2. The third-order valence-electron chi connectivity index (χ3n) is 2.38. The van der Waals surface area contributed by atoms with Crippen molar-refractivity contribution in [3.05, 3.63) is 41.5 Å². The number of fused-ring (bicyclic) bond motifs is 1. The van der Waals surface area contributed by atoms with E-state index >= 15 is 0 Å². The van der Waals surface area contributed by atoms with Crippen molar-refractivity contribution < 1.29 is 14.3 Å². The van der Waals surface area contributed by atoms with E-state index in [0.717, 1.165) is 6.42 Å². The van der Waals surface area contributed by atoms with Crippen LogP contribution in [0.25, 0.3) is 0 Å². The largest absolute Gasteiger partial charge is 0.494 e. The van der Waals surface area contributed by atoms with Crippen LogP contribution in [-0.2, 0) is 0 Å². The van der Waals surface area contributed by atoms with Crippen molar-refractivity contribution in [3.8, 4) is 5.75 Å². The molecule has 0 amide bonds. The van der Waals surface area contributed by atoms with Crippen LogP contribution in [0.15, 0.2) is 30.4 Å². The van der Waals surface area contributed by atoms with Crippen LogP contribution in [0.5, 0.6) is 5.75 Å². The van der Waals surface area contributed by atoms with Gasteiger partial charge in [0.25, 0.3) is 0 Å². The van der Waals surface area contributed by atoms with Gasteiger partial charge in [0.15, 0.2) is 11.6 Å². The minimum Gasteiger partial charge on any atom is -0.494 e. The van der Waals surface area contributed by atoms with Crippen LogP contribution in [0.2, 0.25) is 0 Å². The highest BCUT2D eigenvalue weighted by Crippen LogP contribution is 2.22. The molecule has 3 heteroatoms. The summed E-state index contributed by atoms with van der Waals surface area (Å²) in [6.45, 7) is 2.62. The zero-order chi connectivity index (χ0) is 11.5. The summed E-state index contributed by atoms with van der Waals surface area (Å²) in [6.07, 6.45) is 3.51. The molecule has 0 aliphatic heterocycles. The molecule has 0 spiro atoms. The average Bonchev–Trinajstić information content (AvgIpc) is 2.31. The van der Waals surface area contributed by atoms with E-state index in [1.807, 2.05) is 6.92 Å². The summed E-state index contributed by atoms with van der Waals surface area (Å²) in [7, 11) is 0. The fraction of sp³-hybridized carbons (Fsp3) is 0.231. The van der Waals surface area contributed by atoms with E-state index < -0.39 is 0 Å². The van der Waals surface area contributed by atoms with Crippen LogP contribution in [0.1, 0.15) is 34.1 Å². The Morgan fingerprint density at radius 1 is 1.06 bits per heavy atom. The van der Waals surface area contributed by atoms with Crippen LogP contribution in [0, 0.1) is 0 Å². The third-order valence-corrected chi connectivity index (χ3v) is 2.38. The first-order valence-corrected chi connectivity index (χ1v) is 5.26. The molecule has 0 aromatic heterocycles. The Morgan fingerprint density at radius 2 is 1.75 bits per heavy atom. The Morgan fingerprint density at radius 3 is 2.44 bits per heavy atom. The molecule has 3 nitrogen and oxygen atoms in total. The Kier molecular flexibility index (Phi) is 2.86. The van der Waals surface area contributed by atoms with Gasteiger partial charge >= 0.3 is 0 Å². The van der Waals surface area contributed by atoms with Crippen LogP contribution in [-0.4, -0.2) is 18.2 Å². The van der Waals surface area contributed by atoms with Gasteiger partial charge in [-0.15, -0.1) is 0 Å². The average molecular weight is 216 g/mol. The summed E-state index contributed by atoms with van der Waals surface area (Å²) < 4.78 is 5.42. The molecule has 0 atom stereocenters. The van der Waals surface area contributed by atoms with Crippen molar-refractivity contribution in [2.75, 3.05) is 6.61 Å². The summed E-state index contributed by atoms with van der Waals surface area (Å²) in [6, 6.07) is 5.00. The normalized spacial score (nSPS) is 13.8. The van der Waals surface area contributed by atoms with E-state index in [1.54, 1.807) is 18.2 Å². The minimum atomic E-state index is -0.142. The molecule has 1 aliphatic carbocycles. The quantitative estimate of drug-likeness (QED) is 0.779. The summed E-state index contributed by atoms with van der Waals surface area (Å²) >= 11 is 0. The van der Waals surface area contributed by atoms with Crippen molar-refractivity contribution in [1.82, 2.24) is 0 Å². The van der Waals surface area contributed by atoms with Crippen LogP contribution < -0.4 is 4.74 Å². The maximum Gasteiger partial charge on any atom is 0.186 e. The Hall–Kier alpha value is -1.90. The molecule has 16 heavy (non-hydrogen) atoms. The highest BCUT2D eigenvalue weighted by molar-refractivity contribution is 6.22. The van der Waals surface area contributed by atoms with Crippen molar-refractivity contribution in [3.63, 3.8) is 0 Å². The standard InChI is InChI=1S/C13H12O3/c1-2-7-16-9-3-4-10-11(8-9)13(15)6-5-12(10)14/h3-6,8H,2,7H2,1H3. The molecule has 0 N–H and O–H groups in total. The zero-order valence-electron chi connectivity index (χ0n) is 9.03. The molecular formula is C13H12O3. The van der Waals surface area contributed by atoms with Crippen LogP contribution in [0.4, 0.5) is 0 Å². The molecule has 2 rings (SSSR count). The van der Waals surface area contributed by atoms with Gasteiger partial charge in [-0.25, -0.2) is 0 Å². The van der Waals surface area contributed by atoms with Gasteiger partial charge in [-0.3, -0.25) is 9.59 Å². The Bertz CT molecular complexity index is 472. The lowest BCUT2D eigenvalue weighted by molar-refractivity contribution is 0.0993. The van der Waals surface area contributed by atoms with E-state index in [0.29, 0.717) is 23.5 Å². The second-order valence-electron chi connectivity index (χ2n) is 3.62. The summed E-state index contributed by atoms with van der Waals surface area (Å²) in [4.78, 5) is 23.0. The van der Waals surface area contributed by atoms with Gasteiger partial charge in [0.1, 0.15) is 5.75 Å². The highest BCUT2D eigenvalue weighted by Gasteiger charge is 2.19. The van der Waals surface area contributed by atoms with Gasteiger partial charge in [0, 0.05) is 11.1 Å². The number of carbonyl (C=O) groups excluding carboxylic acids is 2. The predicted octanol–water partition coefficient (Wildman–Crippen LogP) is 2.41. The van der Waals surface area contributed by atoms with Crippen LogP contribution in [0.3, 0.4) is 0 Å². The van der Waals surface area contributed by atoms with Gasteiger partial charge in [-0.1, -0.05) is 6.92 Å². The molecule has 1 aliphatic rings. The first-order valence-electron chi connectivity index (χ1n) is 5.26. The minimum absolute atomic E-state index is 0.128. The molecule has 1 aromatic rings. The van der Waals surface area contributed by atoms with Crippen LogP contribution >= 0.6 is 0 Å². The summed E-state index contributed by atoms with van der Waals surface area (Å²) in [5.74, 6) is 0.366. The molecule has 0 saturated carbocycles. The number of ketones is 2. The zero-order valence-corrected chi connectivity index (χ0v) is 9.03. The fourth-order valence-electron chi connectivity index (χ4n) is 1.58. The SMILES string of the molecule is CCCOc1ccc2c(c1)C(=O)C=CC2=O. The van der Waals surface area contributed by atoms with Crippen molar-refractivity contribution in [1.29, 1.82) is 0 Å². The first-order chi connectivity index (χ1) is 7.72. The van der Waals surface area contributed by atoms with Crippen molar-refractivity contribution in [2.45, 2.75) is 13.3 Å². The second kappa shape index (κ2) is 4.31. The van der Waals surface area contributed by atoms with E-state index in [-0.39, 0.29) is 11.6 Å². The molecule has 0 radical (unpaired) electrons. The molecular weight excluding hydrogens is 204 g/mol. The lowest BCUT2D eigenvalue weighted by Crippen LogP contribution is -2.11. The Labute approximate surface area is 93.7 Å². The number of carbonyl (C=O) groups is 2. The maximum atomic E-state index is 11.6. The fourth-order valence-corrected chi connectivity index (χ4v) is 1.58. The predicted molar refractivity (Wildman–Crippen MR) is 60.0 cm³/mol. The molecule has 0 bridgehead atoms. The van der Waals surface area contributed by atoms with Gasteiger partial charge in [-0.05, 0) is 36.8 Å². The second-order valence-corrected chi connectivity index (χ2v) is 3.62. The number of benzene rings is 1. The molecule has 0 saturated heterocycles. The van der Waals surface area contributed by atoms with Gasteiger partial charge in [0.2, 0.25) is 0 Å². The van der Waals surface area contributed by atoms with Gasteiger partial charge in [0.05, 0.1) is 6.61 Å². The topological polar surface area (TPSA) is 43.4 Å². The third kappa shape index (κ3) is 1.89. The highest BCUT2D eigenvalue weighted by atomic mass is 16.5. The number of hydrogen-bond donors (Lipinski definition) is 0. The number of hydrogen-bond acceptors (Lipinski definition) is 3. The monoisotopic (exact) mass is 216 g/mol. The van der Waals surface area contributed by atoms with Crippen molar-refractivity contribution >= 4 is 11.6 Å². The van der Waals surface area contributed by atoms with E-state index in [9.17, 15) is 9.59 Å². The van der Waals surface area contributed by atoms with Crippen molar-refractivity contribution in [2.24, 2.45) is 0 Å². The smallest absolute Gasteiger partial charge is 0.186 e. The maximum absolute atomic E-state index is 11.6. The molecule has 0 unspecified atom stereocenters. The lowest BCUT2D eigenvalue weighted by Gasteiger charge is -2.11. The number of ether oxygens (including phenoxy) is 1. The molecule has 0 heterocycles. The Balaban J connectivity index is 2.35. The van der Waals surface area contributed by atoms with Gasteiger partial charge < -0.3 is 4.74 Å². The molecule has 82 valence electrons. The lowest BCUT2D eigenvalue weighted by atomic mass is 9.95. The molecule has 0 fully saturated rings. The number of rotatable bonds is 3. The van der Waals surface area contributed by atoms with Gasteiger partial charge in [-0.2, -0.15) is 0 Å². The van der Waals surface area contributed by atoms with E-state index in [1.165, 1.54) is 12.2 Å².